The Bertz CT molecular complexity index is 700. The highest BCUT2D eigenvalue weighted by atomic mass is 16.5. The molecule has 0 N–H and O–H groups in total. The van der Waals surface area contributed by atoms with E-state index < -0.39 is 0 Å². The van der Waals surface area contributed by atoms with Crippen molar-refractivity contribution in [3.8, 4) is 5.88 Å². The fourth-order valence-corrected chi connectivity index (χ4v) is 3.61. The number of rotatable bonds is 5. The van der Waals surface area contributed by atoms with Gasteiger partial charge in [-0.3, -0.25) is 4.98 Å². The van der Waals surface area contributed by atoms with E-state index >= 15 is 0 Å². The Balaban J connectivity index is 1.51. The summed E-state index contributed by atoms with van der Waals surface area (Å²) in [6, 6.07) is 6.09. The molecule has 25 heavy (non-hydrogen) atoms. The Kier molecular flexibility index (Phi) is 4.76. The molecule has 4 rings (SSSR count). The Morgan fingerprint density at radius 3 is 3.16 bits per heavy atom. The molecule has 0 saturated carbocycles. The second-order valence-corrected chi connectivity index (χ2v) is 6.33. The number of pyridine rings is 1. The predicted molar refractivity (Wildman–Crippen MR) is 91.5 cm³/mol. The molecule has 0 aliphatic carbocycles. The molecule has 7 heteroatoms. The number of methoxy groups -OCH3 is 1. The minimum atomic E-state index is 0.00599. The Hall–Kier alpha value is -2.25. The summed E-state index contributed by atoms with van der Waals surface area (Å²) in [5.74, 6) is 1.43. The van der Waals surface area contributed by atoms with Crippen molar-refractivity contribution in [3.63, 3.8) is 0 Å². The summed E-state index contributed by atoms with van der Waals surface area (Å²) in [4.78, 5) is 14.9. The van der Waals surface area contributed by atoms with Gasteiger partial charge in [-0.2, -0.15) is 0 Å². The van der Waals surface area contributed by atoms with Crippen LogP contribution in [0.25, 0.3) is 0 Å². The van der Waals surface area contributed by atoms with Gasteiger partial charge in [-0.25, -0.2) is 9.97 Å². The number of nitrogens with zero attached hydrogens (tertiary/aromatic N) is 4. The van der Waals surface area contributed by atoms with Gasteiger partial charge in [-0.15, -0.1) is 0 Å². The van der Waals surface area contributed by atoms with Gasteiger partial charge < -0.3 is 19.1 Å². The minimum absolute atomic E-state index is 0.00599. The summed E-state index contributed by atoms with van der Waals surface area (Å²) in [5, 5.41) is 0. The van der Waals surface area contributed by atoms with Crippen LogP contribution in [0.2, 0.25) is 0 Å². The summed E-state index contributed by atoms with van der Waals surface area (Å²) >= 11 is 0. The van der Waals surface area contributed by atoms with Crippen molar-refractivity contribution in [3.05, 3.63) is 42.5 Å². The molecule has 0 unspecified atom stereocenters. The van der Waals surface area contributed by atoms with Crippen LogP contribution in [0.4, 0.5) is 5.82 Å². The molecule has 7 nitrogen and oxygen atoms in total. The topological polar surface area (TPSA) is 69.6 Å². The zero-order chi connectivity index (χ0) is 17.1. The van der Waals surface area contributed by atoms with E-state index in [1.165, 1.54) is 6.33 Å². The summed E-state index contributed by atoms with van der Waals surface area (Å²) in [6.07, 6.45) is 7.33. The van der Waals surface area contributed by atoms with Crippen molar-refractivity contribution in [2.75, 3.05) is 25.2 Å². The first-order valence-electron chi connectivity index (χ1n) is 8.60. The summed E-state index contributed by atoms with van der Waals surface area (Å²) in [6.45, 7) is 2.07. The SMILES string of the molecule is COc1cc(N2C[C@@H](OCc3cccnc3)[C@@H]3OCCC[C@@H]32)ncn1. The Labute approximate surface area is 147 Å². The molecule has 0 radical (unpaired) electrons. The molecule has 2 saturated heterocycles. The summed E-state index contributed by atoms with van der Waals surface area (Å²) < 4.78 is 17.5. The zero-order valence-electron chi connectivity index (χ0n) is 14.2. The molecule has 0 bridgehead atoms. The molecule has 0 aromatic carbocycles. The normalized spacial score (nSPS) is 25.6. The Morgan fingerprint density at radius 1 is 1.36 bits per heavy atom. The van der Waals surface area contributed by atoms with E-state index in [0.717, 1.165) is 37.4 Å². The molecule has 0 spiro atoms. The van der Waals surface area contributed by atoms with Crippen LogP contribution >= 0.6 is 0 Å². The molecular formula is C18H22N4O3. The average Bonchev–Trinajstić information content (AvgIpc) is 3.06. The highest BCUT2D eigenvalue weighted by molar-refractivity contribution is 5.45. The fraction of sp³-hybridized carbons (Fsp3) is 0.500. The van der Waals surface area contributed by atoms with Gasteiger partial charge in [0.15, 0.2) is 0 Å². The lowest BCUT2D eigenvalue weighted by Crippen LogP contribution is -2.42. The molecular weight excluding hydrogens is 320 g/mol. The van der Waals surface area contributed by atoms with Crippen LogP contribution in [0, 0.1) is 0 Å². The van der Waals surface area contributed by atoms with Gasteiger partial charge in [-0.1, -0.05) is 6.07 Å². The van der Waals surface area contributed by atoms with Crippen LogP contribution in [-0.4, -0.2) is 53.5 Å². The zero-order valence-corrected chi connectivity index (χ0v) is 14.2. The van der Waals surface area contributed by atoms with E-state index in [1.807, 2.05) is 24.4 Å². The number of ether oxygens (including phenoxy) is 3. The summed E-state index contributed by atoms with van der Waals surface area (Å²) in [7, 11) is 1.61. The number of hydrogen-bond acceptors (Lipinski definition) is 7. The molecule has 2 aromatic rings. The van der Waals surface area contributed by atoms with Crippen LogP contribution in [0.3, 0.4) is 0 Å². The van der Waals surface area contributed by atoms with Crippen molar-refractivity contribution in [2.45, 2.75) is 37.7 Å². The predicted octanol–water partition coefficient (Wildman–Crippen LogP) is 1.83. The Morgan fingerprint density at radius 2 is 2.32 bits per heavy atom. The lowest BCUT2D eigenvalue weighted by Gasteiger charge is -2.32. The third-order valence-electron chi connectivity index (χ3n) is 4.79. The van der Waals surface area contributed by atoms with Crippen molar-refractivity contribution < 1.29 is 14.2 Å². The molecule has 2 aliphatic heterocycles. The van der Waals surface area contributed by atoms with Crippen LogP contribution in [0.5, 0.6) is 5.88 Å². The van der Waals surface area contributed by atoms with E-state index in [2.05, 4.69) is 19.9 Å². The van der Waals surface area contributed by atoms with Gasteiger partial charge in [0.05, 0.1) is 19.8 Å². The molecule has 132 valence electrons. The maximum atomic E-state index is 6.19. The van der Waals surface area contributed by atoms with Crippen LogP contribution in [-0.2, 0) is 16.1 Å². The average molecular weight is 342 g/mol. The van der Waals surface area contributed by atoms with Crippen LogP contribution in [0.15, 0.2) is 36.9 Å². The quantitative estimate of drug-likeness (QED) is 0.821. The van der Waals surface area contributed by atoms with Crippen molar-refractivity contribution in [1.82, 2.24) is 15.0 Å². The van der Waals surface area contributed by atoms with E-state index in [4.69, 9.17) is 14.2 Å². The first kappa shape index (κ1) is 16.2. The number of hydrogen-bond donors (Lipinski definition) is 0. The fourth-order valence-electron chi connectivity index (χ4n) is 3.61. The molecule has 2 fully saturated rings. The number of fused-ring (bicyclic) bond motifs is 1. The molecule has 2 aromatic heterocycles. The van der Waals surface area contributed by atoms with E-state index in [1.54, 1.807) is 13.3 Å². The van der Waals surface area contributed by atoms with Gasteiger partial charge >= 0.3 is 0 Å². The highest BCUT2D eigenvalue weighted by Crippen LogP contribution is 2.34. The smallest absolute Gasteiger partial charge is 0.218 e. The maximum Gasteiger partial charge on any atom is 0.218 e. The lowest BCUT2D eigenvalue weighted by atomic mass is 10.0. The summed E-state index contributed by atoms with van der Waals surface area (Å²) in [5.41, 5.74) is 1.07. The number of anilines is 1. The van der Waals surface area contributed by atoms with E-state index in [0.29, 0.717) is 12.5 Å². The van der Waals surface area contributed by atoms with Crippen LogP contribution in [0.1, 0.15) is 18.4 Å². The largest absolute Gasteiger partial charge is 0.481 e. The number of aromatic nitrogens is 3. The third-order valence-corrected chi connectivity index (χ3v) is 4.79. The second-order valence-electron chi connectivity index (χ2n) is 6.33. The third kappa shape index (κ3) is 3.43. The van der Waals surface area contributed by atoms with Crippen molar-refractivity contribution in [2.24, 2.45) is 0 Å². The van der Waals surface area contributed by atoms with E-state index in [-0.39, 0.29) is 18.2 Å². The molecule has 0 amide bonds. The van der Waals surface area contributed by atoms with E-state index in [9.17, 15) is 0 Å². The minimum Gasteiger partial charge on any atom is -0.481 e. The standard InChI is InChI=1S/C18H22N4O3/c1-23-17-8-16(20-12-21-17)22-10-15(18-14(22)5-3-7-24-18)25-11-13-4-2-6-19-9-13/h2,4,6,8-9,12,14-15,18H,3,5,7,10-11H2,1H3/t14-,15+,18+/m0/s1. The highest BCUT2D eigenvalue weighted by Gasteiger charge is 2.45. The first-order chi connectivity index (χ1) is 12.3. The first-order valence-corrected chi connectivity index (χ1v) is 8.60. The van der Waals surface area contributed by atoms with Gasteiger partial charge in [0.2, 0.25) is 5.88 Å². The van der Waals surface area contributed by atoms with Crippen molar-refractivity contribution >= 4 is 5.82 Å². The van der Waals surface area contributed by atoms with Gasteiger partial charge in [0.1, 0.15) is 24.4 Å². The molecule has 4 heterocycles. The van der Waals surface area contributed by atoms with Gasteiger partial charge in [0.25, 0.3) is 0 Å². The second kappa shape index (κ2) is 7.33. The van der Waals surface area contributed by atoms with Gasteiger partial charge in [-0.05, 0) is 24.5 Å². The van der Waals surface area contributed by atoms with Crippen LogP contribution < -0.4 is 9.64 Å². The molecule has 2 aliphatic rings. The lowest BCUT2D eigenvalue weighted by molar-refractivity contribution is -0.0784. The van der Waals surface area contributed by atoms with Gasteiger partial charge in [0, 0.05) is 31.6 Å². The molecule has 3 atom stereocenters. The monoisotopic (exact) mass is 342 g/mol. The maximum absolute atomic E-state index is 6.19. The van der Waals surface area contributed by atoms with Crippen molar-refractivity contribution in [1.29, 1.82) is 0 Å².